The van der Waals surface area contributed by atoms with Gasteiger partial charge in [-0.3, -0.25) is 0 Å². The summed E-state index contributed by atoms with van der Waals surface area (Å²) in [5.41, 5.74) is -0.176. The molecule has 1 heterocycles. The van der Waals surface area contributed by atoms with Gasteiger partial charge in [0.15, 0.2) is 5.75 Å². The molecule has 1 aliphatic rings. The standard InChI is InChI=1S/C11H15N3O2/c1-2-5-16-9-6-12-10(13-7-9)11(3-4-11)8-14-15/h6-7H,2-5,8H2,1H3. The lowest BCUT2D eigenvalue weighted by Gasteiger charge is -2.09. The van der Waals surface area contributed by atoms with Gasteiger partial charge in [0.2, 0.25) is 0 Å². The number of aromatic nitrogens is 2. The summed E-state index contributed by atoms with van der Waals surface area (Å²) in [7, 11) is 0. The van der Waals surface area contributed by atoms with E-state index < -0.39 is 0 Å². The lowest BCUT2D eigenvalue weighted by atomic mass is 10.1. The molecular weight excluding hydrogens is 206 g/mol. The fourth-order valence-electron chi connectivity index (χ4n) is 1.61. The highest BCUT2D eigenvalue weighted by Gasteiger charge is 2.47. The predicted octanol–water partition coefficient (Wildman–Crippen LogP) is 2.06. The summed E-state index contributed by atoms with van der Waals surface area (Å²) in [5.74, 6) is 1.40. The fourth-order valence-corrected chi connectivity index (χ4v) is 1.61. The summed E-state index contributed by atoms with van der Waals surface area (Å²) >= 11 is 0. The first-order valence-corrected chi connectivity index (χ1v) is 5.55. The Morgan fingerprint density at radius 1 is 1.44 bits per heavy atom. The molecule has 0 spiro atoms. The van der Waals surface area contributed by atoms with Crippen LogP contribution in [0.2, 0.25) is 0 Å². The van der Waals surface area contributed by atoms with E-state index in [0.29, 0.717) is 12.4 Å². The number of ether oxygens (including phenoxy) is 1. The Morgan fingerprint density at radius 2 is 2.12 bits per heavy atom. The van der Waals surface area contributed by atoms with Crippen LogP contribution in [0.25, 0.3) is 0 Å². The second-order valence-electron chi connectivity index (χ2n) is 4.16. The van der Waals surface area contributed by atoms with Crippen molar-refractivity contribution in [2.45, 2.75) is 31.6 Å². The molecule has 0 atom stereocenters. The van der Waals surface area contributed by atoms with Crippen LogP contribution in [0.15, 0.2) is 17.6 Å². The second kappa shape index (κ2) is 4.55. The molecule has 5 nitrogen and oxygen atoms in total. The Bertz CT molecular complexity index is 360. The van der Waals surface area contributed by atoms with Gasteiger partial charge in [-0.15, -0.1) is 0 Å². The zero-order valence-corrected chi connectivity index (χ0v) is 9.35. The van der Waals surface area contributed by atoms with Crippen molar-refractivity contribution in [3.63, 3.8) is 0 Å². The van der Waals surface area contributed by atoms with Crippen LogP contribution in [0.5, 0.6) is 5.75 Å². The minimum atomic E-state index is -0.176. The predicted molar refractivity (Wildman–Crippen MR) is 59.4 cm³/mol. The monoisotopic (exact) mass is 221 g/mol. The largest absolute Gasteiger partial charge is 0.490 e. The molecule has 16 heavy (non-hydrogen) atoms. The molecule has 0 amide bonds. The highest BCUT2D eigenvalue weighted by atomic mass is 16.5. The summed E-state index contributed by atoms with van der Waals surface area (Å²) in [6.07, 6.45) is 6.20. The van der Waals surface area contributed by atoms with E-state index in [4.69, 9.17) is 4.74 Å². The molecule has 0 aliphatic heterocycles. The molecular formula is C11H15N3O2. The van der Waals surface area contributed by atoms with Gasteiger partial charge in [-0.25, -0.2) is 9.97 Å². The first kappa shape index (κ1) is 11.0. The van der Waals surface area contributed by atoms with E-state index in [2.05, 4.69) is 15.1 Å². The number of nitrogens with zero attached hydrogens (tertiary/aromatic N) is 3. The molecule has 1 fully saturated rings. The van der Waals surface area contributed by atoms with Crippen molar-refractivity contribution in [3.05, 3.63) is 23.1 Å². The van der Waals surface area contributed by atoms with Crippen molar-refractivity contribution in [3.8, 4) is 5.75 Å². The number of hydrogen-bond acceptors (Lipinski definition) is 5. The third-order valence-electron chi connectivity index (χ3n) is 2.80. The smallest absolute Gasteiger partial charge is 0.155 e. The Hall–Kier alpha value is -1.52. The van der Waals surface area contributed by atoms with Gasteiger partial charge in [0.1, 0.15) is 5.82 Å². The first-order chi connectivity index (χ1) is 7.80. The van der Waals surface area contributed by atoms with Crippen molar-refractivity contribution in [1.29, 1.82) is 0 Å². The van der Waals surface area contributed by atoms with Gasteiger partial charge in [0.25, 0.3) is 0 Å². The third-order valence-corrected chi connectivity index (χ3v) is 2.80. The average Bonchev–Trinajstić information content (AvgIpc) is 3.09. The number of rotatable bonds is 6. The topological polar surface area (TPSA) is 64.4 Å². The molecule has 5 heteroatoms. The van der Waals surface area contributed by atoms with E-state index in [1.54, 1.807) is 12.4 Å². The van der Waals surface area contributed by atoms with Crippen molar-refractivity contribution in [2.75, 3.05) is 13.2 Å². The quantitative estimate of drug-likeness (QED) is 0.690. The van der Waals surface area contributed by atoms with Crippen molar-refractivity contribution >= 4 is 0 Å². The zero-order valence-electron chi connectivity index (χ0n) is 9.35. The second-order valence-corrected chi connectivity index (χ2v) is 4.16. The number of nitroso groups, excluding NO2 is 1. The summed E-state index contributed by atoms with van der Waals surface area (Å²) in [4.78, 5) is 18.8. The lowest BCUT2D eigenvalue weighted by Crippen LogP contribution is -2.14. The van der Waals surface area contributed by atoms with Crippen molar-refractivity contribution in [2.24, 2.45) is 5.18 Å². The van der Waals surface area contributed by atoms with E-state index in [-0.39, 0.29) is 12.0 Å². The molecule has 1 saturated carbocycles. The zero-order chi connectivity index (χ0) is 11.4. The van der Waals surface area contributed by atoms with Crippen LogP contribution >= 0.6 is 0 Å². The van der Waals surface area contributed by atoms with E-state index in [0.717, 1.165) is 25.1 Å². The Labute approximate surface area is 94.2 Å². The maximum Gasteiger partial charge on any atom is 0.155 e. The Balaban J connectivity index is 2.04. The van der Waals surface area contributed by atoms with Gasteiger partial charge < -0.3 is 4.74 Å². The van der Waals surface area contributed by atoms with Crippen LogP contribution in [-0.4, -0.2) is 23.1 Å². The van der Waals surface area contributed by atoms with Crippen LogP contribution in [0.4, 0.5) is 0 Å². The van der Waals surface area contributed by atoms with Crippen molar-refractivity contribution < 1.29 is 4.74 Å². The lowest BCUT2D eigenvalue weighted by molar-refractivity contribution is 0.314. The molecule has 2 rings (SSSR count). The minimum Gasteiger partial charge on any atom is -0.490 e. The van der Waals surface area contributed by atoms with Crippen LogP contribution in [0.3, 0.4) is 0 Å². The highest BCUT2D eigenvalue weighted by Crippen LogP contribution is 2.46. The van der Waals surface area contributed by atoms with Crippen LogP contribution in [0, 0.1) is 4.91 Å². The van der Waals surface area contributed by atoms with Gasteiger partial charge in [-0.1, -0.05) is 12.1 Å². The molecule has 0 bridgehead atoms. The van der Waals surface area contributed by atoms with Gasteiger partial charge in [-0.05, 0) is 19.3 Å². The summed E-state index contributed by atoms with van der Waals surface area (Å²) in [6.45, 7) is 3.00. The van der Waals surface area contributed by atoms with E-state index in [1.807, 2.05) is 6.92 Å². The van der Waals surface area contributed by atoms with Crippen LogP contribution in [0.1, 0.15) is 32.0 Å². The van der Waals surface area contributed by atoms with Gasteiger partial charge in [-0.2, -0.15) is 4.91 Å². The minimum absolute atomic E-state index is 0.176. The Morgan fingerprint density at radius 3 is 2.62 bits per heavy atom. The van der Waals surface area contributed by atoms with Crippen LogP contribution < -0.4 is 4.74 Å². The Kier molecular flexibility index (Phi) is 3.12. The summed E-state index contributed by atoms with van der Waals surface area (Å²) in [5, 5.41) is 2.96. The van der Waals surface area contributed by atoms with Crippen molar-refractivity contribution in [1.82, 2.24) is 9.97 Å². The van der Waals surface area contributed by atoms with E-state index in [1.165, 1.54) is 0 Å². The average molecular weight is 221 g/mol. The van der Waals surface area contributed by atoms with E-state index >= 15 is 0 Å². The normalized spacial score (nSPS) is 16.8. The highest BCUT2D eigenvalue weighted by molar-refractivity contribution is 5.22. The maximum absolute atomic E-state index is 10.3. The van der Waals surface area contributed by atoms with Gasteiger partial charge in [0.05, 0.1) is 31.0 Å². The number of hydrogen-bond donors (Lipinski definition) is 0. The maximum atomic E-state index is 10.3. The first-order valence-electron chi connectivity index (χ1n) is 5.55. The molecule has 1 aromatic rings. The molecule has 0 aromatic carbocycles. The molecule has 0 unspecified atom stereocenters. The molecule has 1 aromatic heterocycles. The van der Waals surface area contributed by atoms with Gasteiger partial charge >= 0.3 is 0 Å². The molecule has 86 valence electrons. The van der Waals surface area contributed by atoms with Gasteiger partial charge in [0, 0.05) is 0 Å². The molecule has 0 radical (unpaired) electrons. The fraction of sp³-hybridized carbons (Fsp3) is 0.636. The molecule has 1 aliphatic carbocycles. The molecule has 0 saturated heterocycles. The van der Waals surface area contributed by atoms with E-state index in [9.17, 15) is 4.91 Å². The SMILES string of the molecule is CCCOc1cnc(C2(CN=O)CC2)nc1. The van der Waals surface area contributed by atoms with Crippen LogP contribution in [-0.2, 0) is 5.41 Å². The molecule has 0 N–H and O–H groups in total. The third kappa shape index (κ3) is 2.18. The summed E-state index contributed by atoms with van der Waals surface area (Å²) < 4.78 is 5.39. The summed E-state index contributed by atoms with van der Waals surface area (Å²) in [6, 6.07) is 0.